The maximum absolute atomic E-state index is 12.3. The van der Waals surface area contributed by atoms with E-state index in [0.29, 0.717) is 0 Å². The van der Waals surface area contributed by atoms with E-state index >= 15 is 0 Å². The van der Waals surface area contributed by atoms with Gasteiger partial charge < -0.3 is 10.2 Å². The molecule has 1 N–H and O–H groups in total. The Balaban J connectivity index is 2.21. The van der Waals surface area contributed by atoms with Crippen molar-refractivity contribution in [2.75, 3.05) is 37.0 Å². The van der Waals surface area contributed by atoms with Gasteiger partial charge in [-0.1, -0.05) is 0 Å². The first-order chi connectivity index (χ1) is 7.74. The zero-order valence-corrected chi connectivity index (χ0v) is 11.1. The fourth-order valence-electron chi connectivity index (χ4n) is 1.72. The monoisotopic (exact) mass is 257 g/mol. The number of nitrogens with zero attached hydrogens (tertiary/aromatic N) is 2. The lowest BCUT2D eigenvalue weighted by Gasteiger charge is -2.26. The van der Waals surface area contributed by atoms with E-state index in [0.717, 1.165) is 40.9 Å². The first-order valence-electron chi connectivity index (χ1n) is 5.25. The molecule has 0 atom stereocenters. The topological polar surface area (TPSA) is 45.2 Å². The van der Waals surface area contributed by atoms with Crippen LogP contribution in [0.5, 0.6) is 0 Å². The van der Waals surface area contributed by atoms with Crippen LogP contribution in [0.15, 0.2) is 0 Å². The predicted octanol–water partition coefficient (Wildman–Crippen LogP) is 1.68. The van der Waals surface area contributed by atoms with Crippen molar-refractivity contribution in [2.45, 2.75) is 6.92 Å². The Morgan fingerprint density at radius 2 is 2.12 bits per heavy atom. The van der Waals surface area contributed by atoms with Gasteiger partial charge in [0.05, 0.1) is 11.3 Å². The second-order valence-corrected chi connectivity index (χ2v) is 5.62. The van der Waals surface area contributed by atoms with Crippen LogP contribution in [0.1, 0.15) is 16.1 Å². The van der Waals surface area contributed by atoms with Crippen LogP contribution >= 0.6 is 23.3 Å². The number of carbonyl (C=O) groups is 1. The number of amides is 1. The molecule has 1 aliphatic rings. The highest BCUT2D eigenvalue weighted by atomic mass is 32.2. The number of aromatic nitrogens is 1. The zero-order chi connectivity index (χ0) is 11.5. The third-order valence-electron chi connectivity index (χ3n) is 2.60. The number of thioether (sulfide) groups is 1. The van der Waals surface area contributed by atoms with Gasteiger partial charge in [0.15, 0.2) is 0 Å². The molecule has 0 spiro atoms. The summed E-state index contributed by atoms with van der Waals surface area (Å²) < 4.78 is 4.23. The third-order valence-corrected chi connectivity index (χ3v) is 4.50. The number of hydrogen-bond acceptors (Lipinski definition) is 5. The quantitative estimate of drug-likeness (QED) is 0.875. The number of aryl methyl sites for hydroxylation is 1. The van der Waals surface area contributed by atoms with Crippen molar-refractivity contribution in [2.24, 2.45) is 0 Å². The van der Waals surface area contributed by atoms with Crippen molar-refractivity contribution < 1.29 is 4.79 Å². The molecular formula is C10H15N3OS2. The average Bonchev–Trinajstić information content (AvgIpc) is 2.70. The molecule has 0 bridgehead atoms. The van der Waals surface area contributed by atoms with Crippen molar-refractivity contribution in [3.8, 4) is 0 Å². The lowest BCUT2D eigenvalue weighted by atomic mass is 10.2. The molecule has 0 aromatic carbocycles. The summed E-state index contributed by atoms with van der Waals surface area (Å²) in [6, 6.07) is 0. The number of carbonyl (C=O) groups excluding carboxylic acids is 1. The Morgan fingerprint density at radius 3 is 2.75 bits per heavy atom. The molecule has 0 radical (unpaired) electrons. The summed E-state index contributed by atoms with van der Waals surface area (Å²) >= 11 is 3.26. The minimum absolute atomic E-state index is 0.121. The number of hydrogen-bond donors (Lipinski definition) is 1. The normalized spacial score (nSPS) is 16.2. The van der Waals surface area contributed by atoms with Crippen LogP contribution in [-0.2, 0) is 0 Å². The van der Waals surface area contributed by atoms with E-state index in [-0.39, 0.29) is 5.91 Å². The largest absolute Gasteiger partial charge is 0.378 e. The second-order valence-electron chi connectivity index (χ2n) is 3.63. The summed E-state index contributed by atoms with van der Waals surface area (Å²) in [5.74, 6) is 2.20. The Hall–Kier alpha value is -0.750. The molecule has 1 amide bonds. The fourth-order valence-corrected chi connectivity index (χ4v) is 3.36. The highest BCUT2D eigenvalue weighted by Crippen LogP contribution is 2.26. The standard InChI is InChI=1S/C10H15N3OS2/c1-7-8(9(11-2)16-12-7)10(14)13-3-5-15-6-4-13/h11H,3-6H2,1-2H3. The minimum Gasteiger partial charge on any atom is -0.378 e. The Kier molecular flexibility index (Phi) is 3.70. The molecule has 1 aromatic heterocycles. The van der Waals surface area contributed by atoms with E-state index in [9.17, 15) is 4.79 Å². The van der Waals surface area contributed by atoms with E-state index < -0.39 is 0 Å². The van der Waals surface area contributed by atoms with Crippen LogP contribution < -0.4 is 5.32 Å². The maximum atomic E-state index is 12.3. The summed E-state index contributed by atoms with van der Waals surface area (Å²) in [6.45, 7) is 3.59. The van der Waals surface area contributed by atoms with Crippen molar-refractivity contribution in [3.63, 3.8) is 0 Å². The van der Waals surface area contributed by atoms with Crippen LogP contribution in [-0.4, -0.2) is 46.8 Å². The average molecular weight is 257 g/mol. The Morgan fingerprint density at radius 1 is 1.44 bits per heavy atom. The molecular weight excluding hydrogens is 242 g/mol. The molecule has 88 valence electrons. The first kappa shape index (κ1) is 11.7. The molecule has 6 heteroatoms. The molecule has 1 saturated heterocycles. The van der Waals surface area contributed by atoms with E-state index in [4.69, 9.17) is 0 Å². The molecule has 0 aliphatic carbocycles. The molecule has 4 nitrogen and oxygen atoms in total. The van der Waals surface area contributed by atoms with Gasteiger partial charge in [-0.2, -0.15) is 16.1 Å². The van der Waals surface area contributed by atoms with Crippen molar-refractivity contribution in [1.29, 1.82) is 0 Å². The lowest BCUT2D eigenvalue weighted by molar-refractivity contribution is 0.0773. The van der Waals surface area contributed by atoms with Crippen molar-refractivity contribution in [3.05, 3.63) is 11.3 Å². The second kappa shape index (κ2) is 5.05. The number of anilines is 1. The summed E-state index contributed by atoms with van der Waals surface area (Å²) in [5.41, 5.74) is 1.58. The first-order valence-corrected chi connectivity index (χ1v) is 7.18. The van der Waals surface area contributed by atoms with Gasteiger partial charge in [-0.3, -0.25) is 4.79 Å². The summed E-state index contributed by atoms with van der Waals surface area (Å²) in [4.78, 5) is 14.2. The Labute approximate surface area is 104 Å². The highest BCUT2D eigenvalue weighted by molar-refractivity contribution is 7.99. The number of nitrogens with one attached hydrogen (secondary N) is 1. The summed E-state index contributed by atoms with van der Waals surface area (Å²) in [5, 5.41) is 3.92. The molecule has 1 aliphatic heterocycles. The third kappa shape index (κ3) is 2.17. The van der Waals surface area contributed by atoms with Gasteiger partial charge in [-0.25, -0.2) is 0 Å². The molecule has 1 fully saturated rings. The van der Waals surface area contributed by atoms with Gasteiger partial charge in [0.2, 0.25) is 0 Å². The molecule has 1 aromatic rings. The van der Waals surface area contributed by atoms with Crippen LogP contribution in [0.4, 0.5) is 5.00 Å². The van der Waals surface area contributed by atoms with Crippen LogP contribution in [0.25, 0.3) is 0 Å². The van der Waals surface area contributed by atoms with E-state index in [1.54, 1.807) is 0 Å². The highest BCUT2D eigenvalue weighted by Gasteiger charge is 2.24. The Bertz CT molecular complexity index is 385. The molecule has 0 unspecified atom stereocenters. The zero-order valence-electron chi connectivity index (χ0n) is 9.45. The minimum atomic E-state index is 0.121. The van der Waals surface area contributed by atoms with Gasteiger partial charge in [0.25, 0.3) is 5.91 Å². The fraction of sp³-hybridized carbons (Fsp3) is 0.600. The predicted molar refractivity (Wildman–Crippen MR) is 69.6 cm³/mol. The van der Waals surface area contributed by atoms with Crippen molar-refractivity contribution in [1.82, 2.24) is 9.27 Å². The van der Waals surface area contributed by atoms with Crippen LogP contribution in [0, 0.1) is 6.92 Å². The van der Waals surface area contributed by atoms with Gasteiger partial charge >= 0.3 is 0 Å². The van der Waals surface area contributed by atoms with Gasteiger partial charge in [0, 0.05) is 31.6 Å². The van der Waals surface area contributed by atoms with Gasteiger partial charge in [-0.15, -0.1) is 0 Å². The molecule has 2 rings (SSSR count). The van der Waals surface area contributed by atoms with Gasteiger partial charge in [0.1, 0.15) is 5.00 Å². The molecule has 2 heterocycles. The summed E-state index contributed by atoms with van der Waals surface area (Å²) in [7, 11) is 1.83. The summed E-state index contributed by atoms with van der Waals surface area (Å²) in [6.07, 6.45) is 0. The van der Waals surface area contributed by atoms with Crippen LogP contribution in [0.3, 0.4) is 0 Å². The maximum Gasteiger partial charge on any atom is 0.258 e. The lowest BCUT2D eigenvalue weighted by Crippen LogP contribution is -2.38. The van der Waals surface area contributed by atoms with E-state index in [1.165, 1.54) is 11.5 Å². The molecule has 0 saturated carbocycles. The van der Waals surface area contributed by atoms with Crippen LogP contribution in [0.2, 0.25) is 0 Å². The smallest absolute Gasteiger partial charge is 0.258 e. The van der Waals surface area contributed by atoms with E-state index in [1.807, 2.05) is 30.6 Å². The SMILES string of the molecule is CNc1snc(C)c1C(=O)N1CCSCC1. The van der Waals surface area contributed by atoms with Gasteiger partial charge in [-0.05, 0) is 18.5 Å². The number of rotatable bonds is 2. The van der Waals surface area contributed by atoms with E-state index in [2.05, 4.69) is 9.69 Å². The molecule has 16 heavy (non-hydrogen) atoms. The van der Waals surface area contributed by atoms with Crippen molar-refractivity contribution >= 4 is 34.2 Å².